The van der Waals surface area contributed by atoms with Crippen molar-refractivity contribution in [2.24, 2.45) is 4.99 Å². The van der Waals surface area contributed by atoms with Crippen molar-refractivity contribution in [3.05, 3.63) is 41.7 Å². The van der Waals surface area contributed by atoms with Gasteiger partial charge < -0.3 is 0 Å². The molecule has 0 aliphatic carbocycles. The summed E-state index contributed by atoms with van der Waals surface area (Å²) >= 11 is 0. The van der Waals surface area contributed by atoms with Gasteiger partial charge in [0.05, 0.1) is 12.6 Å². The van der Waals surface area contributed by atoms with Crippen LogP contribution in [0.5, 0.6) is 0 Å². The average molecular weight is 183 g/mol. The molecule has 14 heavy (non-hydrogen) atoms. The highest BCUT2D eigenvalue weighted by molar-refractivity contribution is 6.01. The Bertz CT molecular complexity index is 424. The number of hydrogen-bond acceptors (Lipinski definition) is 3. The van der Waals surface area contributed by atoms with Gasteiger partial charge in [0.1, 0.15) is 0 Å². The predicted octanol–water partition coefficient (Wildman–Crippen LogP) is 1.72. The highest BCUT2D eigenvalue weighted by Gasteiger charge is 2.07. The van der Waals surface area contributed by atoms with E-state index in [-0.39, 0.29) is 0 Å². The third kappa shape index (κ3) is 1.69. The summed E-state index contributed by atoms with van der Waals surface area (Å²) < 4.78 is 0. The molecule has 0 amide bonds. The molecule has 3 heteroatoms. The molecule has 2 heterocycles. The van der Waals surface area contributed by atoms with Gasteiger partial charge in [0.2, 0.25) is 0 Å². The molecule has 0 fully saturated rings. The number of nitrogens with zero attached hydrogens (tertiary/aromatic N) is 3. The van der Waals surface area contributed by atoms with Crippen LogP contribution in [0.1, 0.15) is 12.0 Å². The van der Waals surface area contributed by atoms with Crippen LogP contribution in [0.25, 0.3) is 0 Å². The Kier molecular flexibility index (Phi) is 2.37. The van der Waals surface area contributed by atoms with Crippen molar-refractivity contribution in [3.8, 4) is 6.07 Å². The third-order valence-corrected chi connectivity index (χ3v) is 2.12. The topological polar surface area (TPSA) is 49.0 Å². The zero-order chi connectivity index (χ0) is 9.80. The second-order valence-corrected chi connectivity index (χ2v) is 3.05. The van der Waals surface area contributed by atoms with Crippen LogP contribution in [0.4, 0.5) is 0 Å². The Balaban J connectivity index is 2.18. The van der Waals surface area contributed by atoms with E-state index in [0.717, 1.165) is 23.3 Å². The highest BCUT2D eigenvalue weighted by atomic mass is 14.8. The van der Waals surface area contributed by atoms with Gasteiger partial charge in [-0.15, -0.1) is 0 Å². The van der Waals surface area contributed by atoms with Gasteiger partial charge in [-0.2, -0.15) is 5.26 Å². The molecule has 1 aliphatic heterocycles. The van der Waals surface area contributed by atoms with Gasteiger partial charge in [-0.25, -0.2) is 0 Å². The number of nitriles is 1. The summed E-state index contributed by atoms with van der Waals surface area (Å²) in [5.74, 6) is 0. The van der Waals surface area contributed by atoms with E-state index in [2.05, 4.69) is 16.0 Å². The number of dihydropyridines is 1. The van der Waals surface area contributed by atoms with Crippen LogP contribution in [0, 0.1) is 11.3 Å². The SMILES string of the molecule is N#CC1=CCC(c2cccnc2)=NC1. The molecule has 0 spiro atoms. The van der Waals surface area contributed by atoms with Crippen molar-refractivity contribution in [1.29, 1.82) is 5.26 Å². The maximum Gasteiger partial charge on any atom is 0.0963 e. The molecule has 0 saturated carbocycles. The van der Waals surface area contributed by atoms with E-state index in [4.69, 9.17) is 5.26 Å². The molecule has 1 aliphatic rings. The molecule has 0 unspecified atom stereocenters. The summed E-state index contributed by atoms with van der Waals surface area (Å²) in [6.45, 7) is 0.501. The molecule has 0 aromatic carbocycles. The van der Waals surface area contributed by atoms with E-state index in [1.54, 1.807) is 12.4 Å². The predicted molar refractivity (Wildman–Crippen MR) is 54.0 cm³/mol. The molecule has 0 radical (unpaired) electrons. The average Bonchev–Trinajstić information content (AvgIpc) is 2.30. The highest BCUT2D eigenvalue weighted by Crippen LogP contribution is 2.11. The van der Waals surface area contributed by atoms with E-state index in [9.17, 15) is 0 Å². The minimum Gasteiger partial charge on any atom is -0.283 e. The zero-order valence-corrected chi connectivity index (χ0v) is 7.64. The number of aromatic nitrogens is 1. The van der Waals surface area contributed by atoms with Crippen molar-refractivity contribution in [3.63, 3.8) is 0 Å². The molecule has 0 saturated heterocycles. The van der Waals surface area contributed by atoms with Crippen LogP contribution in [0.15, 0.2) is 41.2 Å². The number of hydrogen-bond donors (Lipinski definition) is 0. The normalized spacial score (nSPS) is 15.4. The Morgan fingerprint density at radius 1 is 1.43 bits per heavy atom. The van der Waals surface area contributed by atoms with Crippen LogP contribution in [-0.2, 0) is 0 Å². The largest absolute Gasteiger partial charge is 0.283 e. The molecule has 0 bridgehead atoms. The van der Waals surface area contributed by atoms with Crippen LogP contribution in [0.2, 0.25) is 0 Å². The first-order valence-electron chi connectivity index (χ1n) is 4.43. The smallest absolute Gasteiger partial charge is 0.0963 e. The molecule has 1 aromatic heterocycles. The second kappa shape index (κ2) is 3.84. The third-order valence-electron chi connectivity index (χ3n) is 2.12. The minimum atomic E-state index is 0.501. The summed E-state index contributed by atoms with van der Waals surface area (Å²) in [4.78, 5) is 8.37. The minimum absolute atomic E-state index is 0.501. The molecule has 0 N–H and O–H groups in total. The number of pyridine rings is 1. The Hall–Kier alpha value is -1.95. The summed E-state index contributed by atoms with van der Waals surface area (Å²) in [5.41, 5.74) is 2.80. The van der Waals surface area contributed by atoms with E-state index in [1.807, 2.05) is 18.2 Å². The molecular weight excluding hydrogens is 174 g/mol. The maximum atomic E-state index is 8.65. The summed E-state index contributed by atoms with van der Waals surface area (Å²) in [5, 5.41) is 8.65. The van der Waals surface area contributed by atoms with Crippen LogP contribution >= 0.6 is 0 Å². The van der Waals surface area contributed by atoms with Crippen LogP contribution in [-0.4, -0.2) is 17.2 Å². The maximum absolute atomic E-state index is 8.65. The lowest BCUT2D eigenvalue weighted by Crippen LogP contribution is -2.06. The standard InChI is InChI=1S/C11H9N3/c12-6-9-3-4-11(14-7-9)10-2-1-5-13-8-10/h1-3,5,8H,4,7H2. The van der Waals surface area contributed by atoms with E-state index >= 15 is 0 Å². The molecule has 2 rings (SSSR count). The Labute approximate surface area is 82.4 Å². The fourth-order valence-electron chi connectivity index (χ4n) is 1.35. The quantitative estimate of drug-likeness (QED) is 0.665. The van der Waals surface area contributed by atoms with Gasteiger partial charge >= 0.3 is 0 Å². The second-order valence-electron chi connectivity index (χ2n) is 3.05. The Morgan fingerprint density at radius 3 is 2.93 bits per heavy atom. The molecule has 0 atom stereocenters. The fourth-order valence-corrected chi connectivity index (χ4v) is 1.35. The number of rotatable bonds is 1. The van der Waals surface area contributed by atoms with Crippen LogP contribution in [0.3, 0.4) is 0 Å². The lowest BCUT2D eigenvalue weighted by atomic mass is 10.0. The fraction of sp³-hybridized carbons (Fsp3) is 0.182. The van der Waals surface area contributed by atoms with Gasteiger partial charge in [0, 0.05) is 35.7 Å². The number of allylic oxidation sites excluding steroid dienone is 1. The number of aliphatic imine (C=N–C) groups is 1. The zero-order valence-electron chi connectivity index (χ0n) is 7.64. The van der Waals surface area contributed by atoms with Gasteiger partial charge in [0.25, 0.3) is 0 Å². The molecular formula is C11H9N3. The lowest BCUT2D eigenvalue weighted by molar-refractivity contribution is 1.11. The first-order valence-corrected chi connectivity index (χ1v) is 4.43. The van der Waals surface area contributed by atoms with Crippen molar-refractivity contribution < 1.29 is 0 Å². The first kappa shape index (κ1) is 8.64. The van der Waals surface area contributed by atoms with Crippen molar-refractivity contribution in [1.82, 2.24) is 4.98 Å². The van der Waals surface area contributed by atoms with E-state index in [0.29, 0.717) is 6.54 Å². The van der Waals surface area contributed by atoms with E-state index in [1.165, 1.54) is 0 Å². The van der Waals surface area contributed by atoms with Gasteiger partial charge in [-0.05, 0) is 6.07 Å². The molecule has 1 aromatic rings. The lowest BCUT2D eigenvalue weighted by Gasteiger charge is -2.08. The van der Waals surface area contributed by atoms with Gasteiger partial charge in [-0.3, -0.25) is 9.98 Å². The van der Waals surface area contributed by atoms with Crippen molar-refractivity contribution >= 4 is 5.71 Å². The summed E-state index contributed by atoms with van der Waals surface area (Å²) in [7, 11) is 0. The van der Waals surface area contributed by atoms with Gasteiger partial charge in [0.15, 0.2) is 0 Å². The van der Waals surface area contributed by atoms with Crippen molar-refractivity contribution in [2.45, 2.75) is 6.42 Å². The van der Waals surface area contributed by atoms with Crippen molar-refractivity contribution in [2.75, 3.05) is 6.54 Å². The Morgan fingerprint density at radius 2 is 2.36 bits per heavy atom. The van der Waals surface area contributed by atoms with Gasteiger partial charge in [-0.1, -0.05) is 12.1 Å². The monoisotopic (exact) mass is 183 g/mol. The molecule has 68 valence electrons. The summed E-state index contributed by atoms with van der Waals surface area (Å²) in [6.07, 6.45) is 6.19. The van der Waals surface area contributed by atoms with Crippen LogP contribution < -0.4 is 0 Å². The first-order chi connectivity index (χ1) is 6.90. The molecule has 3 nitrogen and oxygen atoms in total. The summed E-state index contributed by atoms with van der Waals surface area (Å²) in [6, 6.07) is 5.99. The van der Waals surface area contributed by atoms with E-state index < -0.39 is 0 Å².